The van der Waals surface area contributed by atoms with Gasteiger partial charge in [0.2, 0.25) is 0 Å². The second-order valence-electron chi connectivity index (χ2n) is 4.71. The first-order valence-corrected chi connectivity index (χ1v) is 6.38. The minimum absolute atomic E-state index is 0.316. The molecular weight excluding hydrogens is 250 g/mol. The van der Waals surface area contributed by atoms with E-state index in [0.717, 1.165) is 22.9 Å². The van der Waals surface area contributed by atoms with Gasteiger partial charge < -0.3 is 5.11 Å². The summed E-state index contributed by atoms with van der Waals surface area (Å²) >= 11 is 0. The van der Waals surface area contributed by atoms with Crippen LogP contribution < -0.4 is 0 Å². The van der Waals surface area contributed by atoms with Crippen molar-refractivity contribution in [1.29, 1.82) is 0 Å². The van der Waals surface area contributed by atoms with Gasteiger partial charge in [-0.15, -0.1) is 0 Å². The summed E-state index contributed by atoms with van der Waals surface area (Å²) < 4.78 is 0. The molecule has 2 aromatic carbocycles. The van der Waals surface area contributed by atoms with Crippen LogP contribution in [-0.2, 0) is 6.42 Å². The lowest BCUT2D eigenvalue weighted by Crippen LogP contribution is -1.96. The number of nitrogens with zero attached hydrogens (tertiary/aromatic N) is 1. The van der Waals surface area contributed by atoms with E-state index < -0.39 is 5.97 Å². The lowest BCUT2D eigenvalue weighted by Gasteiger charge is -2.04. The standard InChI is InChI=1S/C17H13NO2/c19-17(20)14-6-3-12(4-7-14)10-13-5-8-16-15(11-13)2-1-9-18-16/h1-9,11H,10H2,(H,19,20). The van der Waals surface area contributed by atoms with Crippen LogP contribution in [0.25, 0.3) is 10.9 Å². The first kappa shape index (κ1) is 12.4. The molecule has 0 aliphatic heterocycles. The van der Waals surface area contributed by atoms with Crippen molar-refractivity contribution in [3.8, 4) is 0 Å². The van der Waals surface area contributed by atoms with E-state index in [2.05, 4.69) is 17.1 Å². The maximum absolute atomic E-state index is 10.8. The molecule has 3 aromatic rings. The molecule has 0 atom stereocenters. The van der Waals surface area contributed by atoms with Crippen LogP contribution >= 0.6 is 0 Å². The first-order valence-electron chi connectivity index (χ1n) is 6.38. The molecule has 1 heterocycles. The molecule has 0 spiro atoms. The highest BCUT2D eigenvalue weighted by molar-refractivity contribution is 5.87. The van der Waals surface area contributed by atoms with Gasteiger partial charge in [-0.1, -0.05) is 24.3 Å². The molecule has 20 heavy (non-hydrogen) atoms. The highest BCUT2D eigenvalue weighted by atomic mass is 16.4. The number of benzene rings is 2. The van der Waals surface area contributed by atoms with Crippen LogP contribution in [0.3, 0.4) is 0 Å². The van der Waals surface area contributed by atoms with E-state index in [0.29, 0.717) is 5.56 Å². The summed E-state index contributed by atoms with van der Waals surface area (Å²) in [7, 11) is 0. The fourth-order valence-corrected chi connectivity index (χ4v) is 2.24. The van der Waals surface area contributed by atoms with E-state index in [1.807, 2.05) is 30.3 Å². The maximum atomic E-state index is 10.8. The van der Waals surface area contributed by atoms with Crippen LogP contribution in [0.2, 0.25) is 0 Å². The molecule has 3 nitrogen and oxygen atoms in total. The molecule has 98 valence electrons. The second-order valence-corrected chi connectivity index (χ2v) is 4.71. The van der Waals surface area contributed by atoms with E-state index in [4.69, 9.17) is 5.11 Å². The van der Waals surface area contributed by atoms with Crippen molar-refractivity contribution in [2.24, 2.45) is 0 Å². The van der Waals surface area contributed by atoms with Gasteiger partial charge in [-0.25, -0.2) is 4.79 Å². The fraction of sp³-hybridized carbons (Fsp3) is 0.0588. The summed E-state index contributed by atoms with van der Waals surface area (Å²) in [6, 6.07) is 17.1. The van der Waals surface area contributed by atoms with Crippen LogP contribution in [0.5, 0.6) is 0 Å². The zero-order valence-electron chi connectivity index (χ0n) is 10.8. The van der Waals surface area contributed by atoms with Crippen molar-refractivity contribution >= 4 is 16.9 Å². The smallest absolute Gasteiger partial charge is 0.335 e. The zero-order chi connectivity index (χ0) is 13.9. The van der Waals surface area contributed by atoms with E-state index in [1.165, 1.54) is 5.56 Å². The number of hydrogen-bond donors (Lipinski definition) is 1. The SMILES string of the molecule is O=C(O)c1ccc(Cc2ccc3ncccc3c2)cc1. The molecule has 0 saturated heterocycles. The topological polar surface area (TPSA) is 50.2 Å². The van der Waals surface area contributed by atoms with Gasteiger partial charge in [0, 0.05) is 11.6 Å². The molecule has 1 N–H and O–H groups in total. The molecule has 0 fully saturated rings. The maximum Gasteiger partial charge on any atom is 0.335 e. The van der Waals surface area contributed by atoms with Gasteiger partial charge in [0.15, 0.2) is 0 Å². The van der Waals surface area contributed by atoms with Crippen molar-refractivity contribution in [3.05, 3.63) is 77.5 Å². The third-order valence-corrected chi connectivity index (χ3v) is 3.28. The number of aromatic carboxylic acids is 1. The number of pyridine rings is 1. The number of hydrogen-bond acceptors (Lipinski definition) is 2. The number of carboxylic acid groups (broad SMARTS) is 1. The fourth-order valence-electron chi connectivity index (χ4n) is 2.24. The Labute approximate surface area is 116 Å². The van der Waals surface area contributed by atoms with Crippen LogP contribution in [0.1, 0.15) is 21.5 Å². The van der Waals surface area contributed by atoms with Gasteiger partial charge in [-0.2, -0.15) is 0 Å². The normalized spacial score (nSPS) is 10.6. The number of carboxylic acids is 1. The predicted octanol–water partition coefficient (Wildman–Crippen LogP) is 3.52. The largest absolute Gasteiger partial charge is 0.478 e. The van der Waals surface area contributed by atoms with E-state index in [1.54, 1.807) is 18.3 Å². The monoisotopic (exact) mass is 263 g/mol. The van der Waals surface area contributed by atoms with Crippen molar-refractivity contribution in [2.45, 2.75) is 6.42 Å². The van der Waals surface area contributed by atoms with Gasteiger partial charge in [0.1, 0.15) is 0 Å². The Bertz CT molecular complexity index is 763. The molecule has 0 aliphatic rings. The molecule has 0 unspecified atom stereocenters. The molecule has 0 amide bonds. The summed E-state index contributed by atoms with van der Waals surface area (Å²) in [4.78, 5) is 15.1. The molecular formula is C17H13NO2. The Morgan fingerprint density at radius 1 is 1.00 bits per heavy atom. The average Bonchev–Trinajstić information content (AvgIpc) is 2.48. The quantitative estimate of drug-likeness (QED) is 0.786. The minimum Gasteiger partial charge on any atom is -0.478 e. The predicted molar refractivity (Wildman–Crippen MR) is 78.0 cm³/mol. The van der Waals surface area contributed by atoms with E-state index >= 15 is 0 Å². The van der Waals surface area contributed by atoms with Crippen molar-refractivity contribution < 1.29 is 9.90 Å². The Balaban J connectivity index is 1.87. The van der Waals surface area contributed by atoms with Gasteiger partial charge in [-0.3, -0.25) is 4.98 Å². The Hall–Kier alpha value is -2.68. The van der Waals surface area contributed by atoms with Crippen molar-refractivity contribution in [3.63, 3.8) is 0 Å². The van der Waals surface area contributed by atoms with E-state index in [-0.39, 0.29) is 0 Å². The summed E-state index contributed by atoms with van der Waals surface area (Å²) in [5.74, 6) is -0.895. The number of aromatic nitrogens is 1. The van der Waals surface area contributed by atoms with Crippen LogP contribution in [0.15, 0.2) is 60.8 Å². The molecule has 3 rings (SSSR count). The highest BCUT2D eigenvalue weighted by Gasteiger charge is 2.03. The lowest BCUT2D eigenvalue weighted by molar-refractivity contribution is 0.0697. The molecule has 1 aromatic heterocycles. The summed E-state index contributed by atoms with van der Waals surface area (Å²) in [5, 5.41) is 9.99. The minimum atomic E-state index is -0.895. The molecule has 0 aliphatic carbocycles. The van der Waals surface area contributed by atoms with Crippen molar-refractivity contribution in [1.82, 2.24) is 4.98 Å². The van der Waals surface area contributed by atoms with Crippen LogP contribution in [0, 0.1) is 0 Å². The van der Waals surface area contributed by atoms with Gasteiger partial charge >= 0.3 is 5.97 Å². The highest BCUT2D eigenvalue weighted by Crippen LogP contribution is 2.16. The van der Waals surface area contributed by atoms with Gasteiger partial charge in [0.25, 0.3) is 0 Å². The zero-order valence-corrected chi connectivity index (χ0v) is 10.8. The number of fused-ring (bicyclic) bond motifs is 1. The Morgan fingerprint density at radius 3 is 2.50 bits per heavy atom. The number of carbonyl (C=O) groups is 1. The third kappa shape index (κ3) is 2.52. The Kier molecular flexibility index (Phi) is 3.17. The van der Waals surface area contributed by atoms with Crippen molar-refractivity contribution in [2.75, 3.05) is 0 Å². The average molecular weight is 263 g/mol. The molecule has 0 radical (unpaired) electrons. The van der Waals surface area contributed by atoms with Gasteiger partial charge in [0.05, 0.1) is 11.1 Å². The molecule has 0 bridgehead atoms. The lowest BCUT2D eigenvalue weighted by atomic mass is 10.0. The van der Waals surface area contributed by atoms with E-state index in [9.17, 15) is 4.79 Å². The number of rotatable bonds is 3. The third-order valence-electron chi connectivity index (χ3n) is 3.28. The second kappa shape index (κ2) is 5.13. The molecule has 0 saturated carbocycles. The van der Waals surface area contributed by atoms with Gasteiger partial charge in [-0.05, 0) is 47.9 Å². The first-order chi connectivity index (χ1) is 9.72. The molecule has 3 heteroatoms. The van der Waals surface area contributed by atoms with Crippen LogP contribution in [-0.4, -0.2) is 16.1 Å². The summed E-state index contributed by atoms with van der Waals surface area (Å²) in [6.45, 7) is 0. The summed E-state index contributed by atoms with van der Waals surface area (Å²) in [6.07, 6.45) is 2.57. The Morgan fingerprint density at radius 2 is 1.75 bits per heavy atom. The summed E-state index contributed by atoms with van der Waals surface area (Å²) in [5.41, 5.74) is 3.58. The van der Waals surface area contributed by atoms with Crippen LogP contribution in [0.4, 0.5) is 0 Å².